The molecule has 0 spiro atoms. The van der Waals surface area contributed by atoms with Gasteiger partial charge in [0, 0.05) is 60.3 Å². The van der Waals surface area contributed by atoms with Crippen LogP contribution in [0.15, 0.2) is 191 Å². The van der Waals surface area contributed by atoms with Crippen LogP contribution in [0.3, 0.4) is 0 Å². The average molecular weight is 731 g/mol. The average Bonchev–Trinajstić information content (AvgIpc) is 3.96. The topological polar surface area (TPSA) is 69.9 Å². The van der Waals surface area contributed by atoms with Crippen molar-refractivity contribution in [3.63, 3.8) is 0 Å². The van der Waals surface area contributed by atoms with Crippen molar-refractivity contribution in [3.05, 3.63) is 182 Å². The van der Waals surface area contributed by atoms with Gasteiger partial charge >= 0.3 is 0 Å². The molecule has 8 aromatic carbocycles. The fourth-order valence-electron chi connectivity index (χ4n) is 8.40. The van der Waals surface area contributed by atoms with E-state index in [-0.39, 0.29) is 0 Å². The molecule has 12 aromatic rings. The molecule has 12 rings (SSSR count). The van der Waals surface area contributed by atoms with E-state index in [9.17, 15) is 0 Å². The summed E-state index contributed by atoms with van der Waals surface area (Å²) in [5, 5.41) is 6.52. The van der Waals surface area contributed by atoms with Crippen molar-refractivity contribution >= 4 is 65.7 Å². The van der Waals surface area contributed by atoms with Gasteiger partial charge in [-0.1, -0.05) is 140 Å². The largest absolute Gasteiger partial charge is 0.455 e. The molecule has 57 heavy (non-hydrogen) atoms. The standard InChI is InChI=1S/C51H30N4O2/c1-4-14-31(15-5-1)41-29-35(55-43-22-12-10-20-36(43)39-26-27-40-37-21-11-13-23-44(37)56-48(40)46(39)55)30-42-38-25-24-34(28-45(38)57-47(41)42)51-53-49(32-16-6-2-7-17-32)52-50(54-51)33-18-8-3-9-19-33/h1-30H. The molecule has 0 aliphatic carbocycles. The van der Waals surface area contributed by atoms with Crippen molar-refractivity contribution in [3.8, 4) is 51.0 Å². The van der Waals surface area contributed by atoms with Gasteiger partial charge in [0.25, 0.3) is 0 Å². The van der Waals surface area contributed by atoms with Crippen molar-refractivity contribution in [1.29, 1.82) is 0 Å². The summed E-state index contributed by atoms with van der Waals surface area (Å²) >= 11 is 0. The summed E-state index contributed by atoms with van der Waals surface area (Å²) in [6, 6.07) is 62.6. The third kappa shape index (κ3) is 4.94. The first kappa shape index (κ1) is 31.5. The zero-order chi connectivity index (χ0) is 37.5. The molecule has 4 aromatic heterocycles. The van der Waals surface area contributed by atoms with E-state index < -0.39 is 0 Å². The minimum Gasteiger partial charge on any atom is -0.455 e. The van der Waals surface area contributed by atoms with Crippen LogP contribution in [0.1, 0.15) is 0 Å². The van der Waals surface area contributed by atoms with E-state index in [2.05, 4.69) is 108 Å². The highest BCUT2D eigenvalue weighted by atomic mass is 16.3. The number of rotatable bonds is 5. The van der Waals surface area contributed by atoms with Crippen molar-refractivity contribution in [1.82, 2.24) is 19.5 Å². The lowest BCUT2D eigenvalue weighted by Gasteiger charge is -2.12. The summed E-state index contributed by atoms with van der Waals surface area (Å²) < 4.78 is 15.9. The van der Waals surface area contributed by atoms with Gasteiger partial charge < -0.3 is 13.4 Å². The highest BCUT2D eigenvalue weighted by Crippen LogP contribution is 2.44. The van der Waals surface area contributed by atoms with E-state index in [4.69, 9.17) is 23.8 Å². The Labute approximate surface area is 325 Å². The molecule has 0 amide bonds. The predicted octanol–water partition coefficient (Wildman–Crippen LogP) is 13.4. The third-order valence-corrected chi connectivity index (χ3v) is 11.0. The van der Waals surface area contributed by atoms with Gasteiger partial charge in [-0.3, -0.25) is 0 Å². The first-order valence-corrected chi connectivity index (χ1v) is 19.0. The van der Waals surface area contributed by atoms with Gasteiger partial charge in [0.1, 0.15) is 16.7 Å². The van der Waals surface area contributed by atoms with Gasteiger partial charge in [-0.25, -0.2) is 15.0 Å². The van der Waals surface area contributed by atoms with Gasteiger partial charge in [-0.15, -0.1) is 0 Å². The van der Waals surface area contributed by atoms with Crippen molar-refractivity contribution < 1.29 is 8.83 Å². The summed E-state index contributed by atoms with van der Waals surface area (Å²) in [5.74, 6) is 1.81. The second-order valence-corrected chi connectivity index (χ2v) is 14.4. The molecule has 4 heterocycles. The molecule has 0 saturated carbocycles. The molecule has 266 valence electrons. The molecule has 6 heteroatoms. The molecule has 0 N–H and O–H groups in total. The van der Waals surface area contributed by atoms with Crippen LogP contribution in [0, 0.1) is 0 Å². The van der Waals surface area contributed by atoms with Crippen LogP contribution >= 0.6 is 0 Å². The van der Waals surface area contributed by atoms with Crippen LogP contribution in [0.2, 0.25) is 0 Å². The molecule has 0 atom stereocenters. The number of furan rings is 2. The Morgan fingerprint density at radius 3 is 1.61 bits per heavy atom. The van der Waals surface area contributed by atoms with Gasteiger partial charge in [0.2, 0.25) is 0 Å². The third-order valence-electron chi connectivity index (χ3n) is 11.0. The fraction of sp³-hybridized carbons (Fsp3) is 0. The van der Waals surface area contributed by atoms with E-state index >= 15 is 0 Å². The van der Waals surface area contributed by atoms with Crippen LogP contribution in [-0.2, 0) is 0 Å². The molecule has 0 bridgehead atoms. The quantitative estimate of drug-likeness (QED) is 0.176. The van der Waals surface area contributed by atoms with Crippen LogP contribution in [0.25, 0.3) is 117 Å². The Morgan fingerprint density at radius 1 is 0.351 bits per heavy atom. The van der Waals surface area contributed by atoms with Gasteiger partial charge in [-0.05, 0) is 48.0 Å². The smallest absolute Gasteiger partial charge is 0.164 e. The highest BCUT2D eigenvalue weighted by Gasteiger charge is 2.22. The Kier molecular flexibility index (Phi) is 6.83. The van der Waals surface area contributed by atoms with E-state index in [1.807, 2.05) is 78.9 Å². The first-order chi connectivity index (χ1) is 28.2. The summed E-state index contributed by atoms with van der Waals surface area (Å²) in [6.07, 6.45) is 0. The van der Waals surface area contributed by atoms with Gasteiger partial charge in [0.05, 0.1) is 11.0 Å². The monoisotopic (exact) mass is 730 g/mol. The first-order valence-electron chi connectivity index (χ1n) is 19.0. The lowest BCUT2D eigenvalue weighted by molar-refractivity contribution is 0.670. The molecule has 6 nitrogen and oxygen atoms in total. The van der Waals surface area contributed by atoms with Crippen molar-refractivity contribution in [2.24, 2.45) is 0 Å². The Bertz CT molecular complexity index is 3450. The molecule has 0 aliphatic heterocycles. The summed E-state index contributed by atoms with van der Waals surface area (Å²) in [6.45, 7) is 0. The van der Waals surface area contributed by atoms with Gasteiger partial charge in [0.15, 0.2) is 23.1 Å². The zero-order valence-corrected chi connectivity index (χ0v) is 30.4. The second-order valence-electron chi connectivity index (χ2n) is 14.4. The Morgan fingerprint density at radius 2 is 0.895 bits per heavy atom. The Balaban J connectivity index is 1.11. The number of benzene rings is 8. The maximum Gasteiger partial charge on any atom is 0.164 e. The van der Waals surface area contributed by atoms with E-state index in [1.165, 1.54) is 5.39 Å². The molecular weight excluding hydrogens is 701 g/mol. The van der Waals surface area contributed by atoms with Crippen molar-refractivity contribution in [2.45, 2.75) is 0 Å². The highest BCUT2D eigenvalue weighted by molar-refractivity contribution is 6.22. The van der Waals surface area contributed by atoms with E-state index in [1.54, 1.807) is 0 Å². The number of aromatic nitrogens is 4. The molecule has 0 aliphatic rings. The van der Waals surface area contributed by atoms with Crippen LogP contribution in [-0.4, -0.2) is 19.5 Å². The number of para-hydroxylation sites is 2. The summed E-state index contributed by atoms with van der Waals surface area (Å²) in [4.78, 5) is 14.9. The van der Waals surface area contributed by atoms with Crippen LogP contribution in [0.5, 0.6) is 0 Å². The summed E-state index contributed by atoms with van der Waals surface area (Å²) in [5.41, 5.74) is 11.2. The SMILES string of the molecule is c1ccc(-c2nc(-c3ccccc3)nc(-c3ccc4c(c3)oc3c(-c5ccccc5)cc(-n5c6ccccc6c6ccc7c8ccccc8oc7c65)cc34)n2)cc1. The molecule has 0 fully saturated rings. The normalized spacial score (nSPS) is 11.9. The van der Waals surface area contributed by atoms with Gasteiger partial charge in [-0.2, -0.15) is 0 Å². The van der Waals surface area contributed by atoms with E-state index in [0.717, 1.165) is 93.8 Å². The summed E-state index contributed by atoms with van der Waals surface area (Å²) in [7, 11) is 0. The molecule has 0 radical (unpaired) electrons. The molecular formula is C51H30N4O2. The predicted molar refractivity (Wildman–Crippen MR) is 230 cm³/mol. The lowest BCUT2D eigenvalue weighted by atomic mass is 10.0. The maximum atomic E-state index is 6.89. The second kappa shape index (κ2) is 12.3. The van der Waals surface area contributed by atoms with Crippen LogP contribution < -0.4 is 0 Å². The number of hydrogen-bond donors (Lipinski definition) is 0. The number of hydrogen-bond acceptors (Lipinski definition) is 5. The maximum absolute atomic E-state index is 6.89. The van der Waals surface area contributed by atoms with Crippen LogP contribution in [0.4, 0.5) is 0 Å². The Hall–Kier alpha value is -7.83. The molecule has 0 unspecified atom stereocenters. The number of nitrogens with zero attached hydrogens (tertiary/aromatic N) is 4. The number of fused-ring (bicyclic) bond motifs is 10. The fourth-order valence-corrected chi connectivity index (χ4v) is 8.40. The van der Waals surface area contributed by atoms with Crippen molar-refractivity contribution in [2.75, 3.05) is 0 Å². The zero-order valence-electron chi connectivity index (χ0n) is 30.4. The minimum atomic E-state index is 0.578. The van der Waals surface area contributed by atoms with E-state index in [0.29, 0.717) is 17.5 Å². The minimum absolute atomic E-state index is 0.578. The molecule has 0 saturated heterocycles. The lowest BCUT2D eigenvalue weighted by Crippen LogP contribution is -2.00.